The number of halogens is 1. The zero-order chi connectivity index (χ0) is 20.4. The van der Waals surface area contributed by atoms with Crippen molar-refractivity contribution in [3.8, 4) is 0 Å². The van der Waals surface area contributed by atoms with Crippen LogP contribution in [-0.2, 0) is 0 Å². The van der Waals surface area contributed by atoms with Crippen molar-refractivity contribution in [2.45, 2.75) is 38.5 Å². The van der Waals surface area contributed by atoms with Gasteiger partial charge in [0.05, 0.1) is 11.3 Å². The van der Waals surface area contributed by atoms with Crippen molar-refractivity contribution in [3.05, 3.63) is 63.4 Å². The second-order valence-corrected chi connectivity index (χ2v) is 8.88. The Morgan fingerprint density at radius 1 is 0.966 bits per heavy atom. The summed E-state index contributed by atoms with van der Waals surface area (Å²) < 4.78 is 0.910. The number of benzene rings is 1. The molecule has 2 saturated heterocycles. The Kier molecular flexibility index (Phi) is 5.99. The van der Waals surface area contributed by atoms with Gasteiger partial charge < -0.3 is 9.80 Å². The largest absolute Gasteiger partial charge is 0.339 e. The van der Waals surface area contributed by atoms with Gasteiger partial charge in [-0.15, -0.1) is 0 Å². The van der Waals surface area contributed by atoms with Crippen LogP contribution in [-0.4, -0.2) is 52.8 Å². The number of pyridine rings is 1. The summed E-state index contributed by atoms with van der Waals surface area (Å²) in [5, 5.41) is 0. The van der Waals surface area contributed by atoms with Crippen LogP contribution in [0.3, 0.4) is 0 Å². The van der Waals surface area contributed by atoms with Crippen molar-refractivity contribution in [3.63, 3.8) is 0 Å². The molecule has 1 aromatic carbocycles. The van der Waals surface area contributed by atoms with Crippen LogP contribution in [0.15, 0.2) is 40.9 Å². The Morgan fingerprint density at radius 3 is 2.34 bits per heavy atom. The molecule has 1 aromatic heterocycles. The highest BCUT2D eigenvalue weighted by molar-refractivity contribution is 9.10. The third kappa shape index (κ3) is 4.37. The first kappa shape index (κ1) is 20.1. The first-order valence-corrected chi connectivity index (χ1v) is 11.1. The number of hydrogen-bond acceptors (Lipinski definition) is 3. The molecule has 6 heteroatoms. The average Bonchev–Trinajstić information content (AvgIpc) is 3.28. The molecule has 2 aliphatic heterocycles. The van der Waals surface area contributed by atoms with Gasteiger partial charge >= 0.3 is 0 Å². The van der Waals surface area contributed by atoms with Crippen LogP contribution in [0.4, 0.5) is 0 Å². The van der Waals surface area contributed by atoms with Gasteiger partial charge in [-0.3, -0.25) is 14.6 Å². The minimum Gasteiger partial charge on any atom is -0.339 e. The van der Waals surface area contributed by atoms with Crippen molar-refractivity contribution < 1.29 is 9.59 Å². The highest BCUT2D eigenvalue weighted by Crippen LogP contribution is 2.31. The molecular formula is C23H26BrN3O2. The third-order valence-electron chi connectivity index (χ3n) is 5.93. The van der Waals surface area contributed by atoms with E-state index in [1.165, 1.54) is 0 Å². The number of nitrogens with zero attached hydrogens (tertiary/aromatic N) is 3. The van der Waals surface area contributed by atoms with E-state index in [1.54, 1.807) is 0 Å². The standard InChI is InChI=1S/C23H26BrN3O2/c1-16-7-8-20(23(29)26-11-2-3-12-26)21(25-16)17-9-13-27(14-10-17)22(28)18-5-4-6-19(24)15-18/h4-8,15,17H,2-3,9-14H2,1H3. The second-order valence-electron chi connectivity index (χ2n) is 7.96. The summed E-state index contributed by atoms with van der Waals surface area (Å²) in [7, 11) is 0. The van der Waals surface area contributed by atoms with Crippen LogP contribution >= 0.6 is 15.9 Å². The highest BCUT2D eigenvalue weighted by Gasteiger charge is 2.30. The number of carbonyl (C=O) groups excluding carboxylic acids is 2. The van der Waals surface area contributed by atoms with E-state index in [1.807, 2.05) is 53.1 Å². The van der Waals surface area contributed by atoms with Gasteiger partial charge in [0.25, 0.3) is 11.8 Å². The normalized spacial score (nSPS) is 17.6. The van der Waals surface area contributed by atoms with Gasteiger partial charge in [-0.25, -0.2) is 0 Å². The first-order chi connectivity index (χ1) is 14.0. The topological polar surface area (TPSA) is 53.5 Å². The molecule has 0 unspecified atom stereocenters. The third-order valence-corrected chi connectivity index (χ3v) is 6.42. The summed E-state index contributed by atoms with van der Waals surface area (Å²) in [6, 6.07) is 11.4. The van der Waals surface area contributed by atoms with E-state index in [0.717, 1.165) is 60.2 Å². The number of carbonyl (C=O) groups is 2. The SMILES string of the molecule is Cc1ccc(C(=O)N2CCCC2)c(C2CCN(C(=O)c3cccc(Br)c3)CC2)n1. The molecule has 2 fully saturated rings. The van der Waals surface area contributed by atoms with Crippen LogP contribution in [0, 0.1) is 6.92 Å². The molecule has 152 valence electrons. The van der Waals surface area contributed by atoms with Gasteiger partial charge in [0.15, 0.2) is 0 Å². The molecule has 0 radical (unpaired) electrons. The maximum atomic E-state index is 13.0. The zero-order valence-electron chi connectivity index (χ0n) is 16.7. The Morgan fingerprint density at radius 2 is 1.66 bits per heavy atom. The van der Waals surface area contributed by atoms with Crippen LogP contribution in [0.1, 0.15) is 63.7 Å². The molecule has 0 aliphatic carbocycles. The zero-order valence-corrected chi connectivity index (χ0v) is 18.3. The molecule has 0 spiro atoms. The number of piperidine rings is 1. The maximum absolute atomic E-state index is 13.0. The molecule has 4 rings (SSSR count). The maximum Gasteiger partial charge on any atom is 0.255 e. The van der Waals surface area contributed by atoms with E-state index >= 15 is 0 Å². The lowest BCUT2D eigenvalue weighted by atomic mass is 9.89. The highest BCUT2D eigenvalue weighted by atomic mass is 79.9. The van der Waals surface area contributed by atoms with Gasteiger partial charge in [-0.05, 0) is 62.9 Å². The number of aromatic nitrogens is 1. The molecule has 5 nitrogen and oxygen atoms in total. The number of likely N-dealkylation sites (tertiary alicyclic amines) is 2. The quantitative estimate of drug-likeness (QED) is 0.688. The summed E-state index contributed by atoms with van der Waals surface area (Å²) in [6.45, 7) is 5.02. The number of aryl methyl sites for hydroxylation is 1. The van der Waals surface area contributed by atoms with Crippen LogP contribution in [0.25, 0.3) is 0 Å². The summed E-state index contributed by atoms with van der Waals surface area (Å²) in [5.74, 6) is 0.385. The van der Waals surface area contributed by atoms with Crippen LogP contribution in [0.2, 0.25) is 0 Å². The first-order valence-electron chi connectivity index (χ1n) is 10.3. The molecule has 2 aromatic rings. The second kappa shape index (κ2) is 8.66. The molecule has 2 aliphatic rings. The Balaban J connectivity index is 1.49. The van der Waals surface area contributed by atoms with Gasteiger partial charge in [0, 0.05) is 47.8 Å². The fourth-order valence-electron chi connectivity index (χ4n) is 4.32. The van der Waals surface area contributed by atoms with E-state index in [0.29, 0.717) is 18.7 Å². The lowest BCUT2D eigenvalue weighted by molar-refractivity contribution is 0.0707. The molecule has 0 saturated carbocycles. The van der Waals surface area contributed by atoms with E-state index in [4.69, 9.17) is 4.98 Å². The molecule has 29 heavy (non-hydrogen) atoms. The Hall–Kier alpha value is -2.21. The summed E-state index contributed by atoms with van der Waals surface area (Å²) >= 11 is 3.44. The molecular weight excluding hydrogens is 430 g/mol. The monoisotopic (exact) mass is 455 g/mol. The van der Waals surface area contributed by atoms with E-state index in [2.05, 4.69) is 15.9 Å². The van der Waals surface area contributed by atoms with E-state index in [-0.39, 0.29) is 17.7 Å². The fourth-order valence-corrected chi connectivity index (χ4v) is 4.72. The molecule has 3 heterocycles. The Labute approximate surface area is 180 Å². The molecule has 2 amide bonds. The van der Waals surface area contributed by atoms with Crippen molar-refractivity contribution in [2.24, 2.45) is 0 Å². The number of amides is 2. The molecule has 0 atom stereocenters. The van der Waals surface area contributed by atoms with E-state index in [9.17, 15) is 9.59 Å². The van der Waals surface area contributed by atoms with Gasteiger partial charge in [0.2, 0.25) is 0 Å². The minimum absolute atomic E-state index is 0.0651. The van der Waals surface area contributed by atoms with Crippen molar-refractivity contribution in [2.75, 3.05) is 26.2 Å². The average molecular weight is 456 g/mol. The Bertz CT molecular complexity index is 916. The van der Waals surface area contributed by atoms with Crippen molar-refractivity contribution in [1.82, 2.24) is 14.8 Å². The predicted molar refractivity (Wildman–Crippen MR) is 116 cm³/mol. The number of hydrogen-bond donors (Lipinski definition) is 0. The smallest absolute Gasteiger partial charge is 0.255 e. The molecule has 0 bridgehead atoms. The van der Waals surface area contributed by atoms with Crippen molar-refractivity contribution in [1.29, 1.82) is 0 Å². The van der Waals surface area contributed by atoms with Crippen molar-refractivity contribution >= 4 is 27.7 Å². The van der Waals surface area contributed by atoms with Gasteiger partial charge in [-0.2, -0.15) is 0 Å². The summed E-state index contributed by atoms with van der Waals surface area (Å²) in [6.07, 6.45) is 3.82. The summed E-state index contributed by atoms with van der Waals surface area (Å²) in [5.41, 5.74) is 3.30. The lowest BCUT2D eigenvalue weighted by Crippen LogP contribution is -2.38. The van der Waals surface area contributed by atoms with E-state index < -0.39 is 0 Å². The molecule has 0 N–H and O–H groups in total. The minimum atomic E-state index is 0.0651. The fraction of sp³-hybridized carbons (Fsp3) is 0.435. The number of rotatable bonds is 3. The van der Waals surface area contributed by atoms with Gasteiger partial charge in [0.1, 0.15) is 0 Å². The summed E-state index contributed by atoms with van der Waals surface area (Å²) in [4.78, 5) is 34.5. The van der Waals surface area contributed by atoms with Crippen LogP contribution in [0.5, 0.6) is 0 Å². The van der Waals surface area contributed by atoms with Gasteiger partial charge in [-0.1, -0.05) is 22.0 Å². The lowest BCUT2D eigenvalue weighted by Gasteiger charge is -2.33. The predicted octanol–water partition coefficient (Wildman–Crippen LogP) is 4.41. The van der Waals surface area contributed by atoms with Crippen LogP contribution < -0.4 is 0 Å².